The second-order valence-corrected chi connectivity index (χ2v) is 16.3. The Balaban J connectivity index is 1.25. The number of hydrogen-bond donors (Lipinski definition) is 0. The molecule has 0 unspecified atom stereocenters. The van der Waals surface area contributed by atoms with Crippen molar-refractivity contribution in [2.45, 2.75) is 77.7 Å². The third-order valence-electron chi connectivity index (χ3n) is 11.7. The molecule has 0 spiro atoms. The summed E-state index contributed by atoms with van der Waals surface area (Å²) in [7, 11) is 0. The summed E-state index contributed by atoms with van der Waals surface area (Å²) in [4.78, 5) is 20.2. The fourth-order valence-electron chi connectivity index (χ4n) is 7.30. The lowest BCUT2D eigenvalue weighted by Crippen LogP contribution is -2.41. The highest BCUT2D eigenvalue weighted by Crippen LogP contribution is 2.43. The Morgan fingerprint density at radius 2 is 1.02 bits per heavy atom. The number of ether oxygens (including phenoxy) is 2. The van der Waals surface area contributed by atoms with Crippen molar-refractivity contribution in [3.05, 3.63) is 127 Å². The normalized spacial score (nSPS) is 18.2. The van der Waals surface area contributed by atoms with Crippen molar-refractivity contribution in [3.63, 3.8) is 0 Å². The van der Waals surface area contributed by atoms with Gasteiger partial charge in [0.1, 0.15) is 22.6 Å². The van der Waals surface area contributed by atoms with E-state index in [1.54, 1.807) is 0 Å². The van der Waals surface area contributed by atoms with Crippen molar-refractivity contribution < 1.29 is 9.47 Å². The molecule has 264 valence electrons. The van der Waals surface area contributed by atoms with Gasteiger partial charge in [0.15, 0.2) is 0 Å². The molecule has 0 N–H and O–H groups in total. The lowest BCUT2D eigenvalue weighted by Gasteiger charge is -2.30. The van der Waals surface area contributed by atoms with Crippen LogP contribution in [0, 0.1) is 0 Å². The van der Waals surface area contributed by atoms with E-state index in [2.05, 4.69) is 151 Å². The number of nitrogens with zero attached hydrogens (tertiary/aromatic N) is 5. The summed E-state index contributed by atoms with van der Waals surface area (Å²) in [5.41, 5.74) is 6.91. The predicted molar refractivity (Wildman–Crippen MR) is 216 cm³/mol. The van der Waals surface area contributed by atoms with Gasteiger partial charge < -0.3 is 14.0 Å². The summed E-state index contributed by atoms with van der Waals surface area (Å²) in [6.45, 7) is 16.7. The molecule has 0 fully saturated rings. The minimum absolute atomic E-state index is 0.361. The third-order valence-corrected chi connectivity index (χ3v) is 11.7. The summed E-state index contributed by atoms with van der Waals surface area (Å²) in [6.07, 6.45) is 0. The van der Waals surface area contributed by atoms with Crippen LogP contribution in [0.5, 0.6) is 0 Å². The first-order valence-corrected chi connectivity index (χ1v) is 18.3. The van der Waals surface area contributed by atoms with Gasteiger partial charge in [-0.1, -0.05) is 66.7 Å². The van der Waals surface area contributed by atoms with E-state index in [-0.39, 0.29) is 11.1 Å². The summed E-state index contributed by atoms with van der Waals surface area (Å²) in [6, 6.07) is 40.3. The van der Waals surface area contributed by atoms with Crippen LogP contribution < -0.4 is 0 Å². The highest BCUT2D eigenvalue weighted by molar-refractivity contribution is 6.24. The number of aromatic nitrogens is 3. The highest BCUT2D eigenvalue weighted by atomic mass is 16.5. The molecule has 0 bridgehead atoms. The average molecular weight is 698 g/mol. The Bertz CT molecular complexity index is 2680. The molecule has 9 rings (SSSR count). The summed E-state index contributed by atoms with van der Waals surface area (Å²) < 4.78 is 15.1. The first-order chi connectivity index (χ1) is 25.2. The Labute approximate surface area is 310 Å². The third kappa shape index (κ3) is 5.16. The maximum Gasteiger partial charge on any atom is 0.236 e. The van der Waals surface area contributed by atoms with Crippen LogP contribution in [0.1, 0.15) is 66.8 Å². The monoisotopic (exact) mass is 697 g/mol. The molecule has 7 aromatic rings. The largest absolute Gasteiger partial charge is 0.468 e. The van der Waals surface area contributed by atoms with Crippen LogP contribution in [0.3, 0.4) is 0 Å². The number of benzene rings is 4. The van der Waals surface area contributed by atoms with Crippen molar-refractivity contribution in [1.82, 2.24) is 14.5 Å². The first-order valence-electron chi connectivity index (χ1n) is 18.3. The van der Waals surface area contributed by atoms with Gasteiger partial charge >= 0.3 is 0 Å². The zero-order valence-electron chi connectivity index (χ0n) is 31.5. The van der Waals surface area contributed by atoms with Gasteiger partial charge in [-0.05, 0) is 115 Å². The van der Waals surface area contributed by atoms with Crippen LogP contribution in [-0.2, 0) is 9.47 Å². The van der Waals surface area contributed by atoms with Crippen molar-refractivity contribution in [3.8, 4) is 28.2 Å². The lowest BCUT2D eigenvalue weighted by molar-refractivity contribution is 0.0616. The maximum atomic E-state index is 6.38. The van der Waals surface area contributed by atoms with Crippen LogP contribution in [0.15, 0.2) is 125 Å². The molecule has 7 nitrogen and oxygen atoms in total. The van der Waals surface area contributed by atoms with Gasteiger partial charge in [0.2, 0.25) is 11.8 Å². The minimum Gasteiger partial charge on any atom is -0.468 e. The molecule has 2 aliphatic rings. The van der Waals surface area contributed by atoms with E-state index < -0.39 is 11.2 Å². The smallest absolute Gasteiger partial charge is 0.236 e. The van der Waals surface area contributed by atoms with Gasteiger partial charge in [0.05, 0.1) is 33.5 Å². The van der Waals surface area contributed by atoms with Gasteiger partial charge in [0.25, 0.3) is 0 Å². The quantitative estimate of drug-likeness (QED) is 0.179. The Morgan fingerprint density at radius 1 is 0.472 bits per heavy atom. The molecule has 53 heavy (non-hydrogen) atoms. The summed E-state index contributed by atoms with van der Waals surface area (Å²) in [5.74, 6) is 1.16. The van der Waals surface area contributed by atoms with Crippen LogP contribution in [-0.4, -0.2) is 48.6 Å². The number of aliphatic imine (C=N–C) groups is 2. The minimum atomic E-state index is -0.440. The van der Waals surface area contributed by atoms with E-state index >= 15 is 0 Å². The number of rotatable bonds is 5. The number of hydrogen-bond acceptors (Lipinski definition) is 6. The van der Waals surface area contributed by atoms with E-state index in [0.29, 0.717) is 11.8 Å². The van der Waals surface area contributed by atoms with Crippen molar-refractivity contribution in [2.75, 3.05) is 0 Å². The molecule has 0 saturated heterocycles. The number of fused-ring (bicyclic) bond motifs is 5. The highest BCUT2D eigenvalue weighted by Gasteiger charge is 2.47. The van der Waals surface area contributed by atoms with E-state index in [1.165, 1.54) is 10.8 Å². The van der Waals surface area contributed by atoms with Gasteiger partial charge in [-0.15, -0.1) is 0 Å². The zero-order valence-corrected chi connectivity index (χ0v) is 31.5. The van der Waals surface area contributed by atoms with Crippen molar-refractivity contribution in [1.29, 1.82) is 0 Å². The SMILES string of the molecule is CC1(C)N=C(c2cccc(-c3ccc4c5c6ccccc6c(-c6cccc(C7=NC(C)(C)C(C)(C)O7)n6)cc5n(-c5ccccc5)c4c3)n2)OC1(C)C. The van der Waals surface area contributed by atoms with Gasteiger partial charge in [-0.2, -0.15) is 0 Å². The number of pyridine rings is 2. The standard InChI is InChI=1S/C46H43N5O2/c1-43(2)45(5,6)52-41(49-43)36-22-14-20-34(47-36)28-24-25-32-38(26-28)51(29-16-10-9-11-17-29)39-27-33(30-18-12-13-19-31(30)40(32)39)35-21-15-23-37(48-35)42-50-44(3,4)46(7,8)53-42/h9-27H,1-8H3. The van der Waals surface area contributed by atoms with Crippen LogP contribution in [0.2, 0.25) is 0 Å². The van der Waals surface area contributed by atoms with E-state index in [0.717, 1.165) is 61.4 Å². The zero-order chi connectivity index (χ0) is 36.9. The molecule has 0 radical (unpaired) electrons. The molecular weight excluding hydrogens is 655 g/mol. The lowest BCUT2D eigenvalue weighted by atomic mass is 9.87. The second kappa shape index (κ2) is 11.3. The van der Waals surface area contributed by atoms with Gasteiger partial charge in [0, 0.05) is 27.6 Å². The molecular formula is C46H43N5O2. The first kappa shape index (κ1) is 33.0. The van der Waals surface area contributed by atoms with Crippen LogP contribution >= 0.6 is 0 Å². The molecule has 0 amide bonds. The van der Waals surface area contributed by atoms with E-state index in [9.17, 15) is 0 Å². The Kier molecular flexibility index (Phi) is 7.07. The Morgan fingerprint density at radius 3 is 1.62 bits per heavy atom. The number of para-hydroxylation sites is 1. The average Bonchev–Trinajstić information content (AvgIpc) is 3.68. The second-order valence-electron chi connectivity index (χ2n) is 16.3. The van der Waals surface area contributed by atoms with E-state index in [4.69, 9.17) is 29.4 Å². The molecule has 7 heteroatoms. The molecule has 5 heterocycles. The topological polar surface area (TPSA) is 73.9 Å². The molecule has 0 aliphatic carbocycles. The predicted octanol–water partition coefficient (Wildman–Crippen LogP) is 10.7. The van der Waals surface area contributed by atoms with Crippen molar-refractivity contribution in [2.24, 2.45) is 9.98 Å². The molecule has 4 aromatic carbocycles. The van der Waals surface area contributed by atoms with Crippen molar-refractivity contribution >= 4 is 44.4 Å². The molecule has 0 saturated carbocycles. The van der Waals surface area contributed by atoms with Gasteiger partial charge in [-0.3, -0.25) is 0 Å². The fourth-order valence-corrected chi connectivity index (χ4v) is 7.30. The fraction of sp³-hybridized carbons (Fsp3) is 0.261. The van der Waals surface area contributed by atoms with Gasteiger partial charge in [-0.25, -0.2) is 20.0 Å². The molecule has 3 aromatic heterocycles. The molecule has 2 aliphatic heterocycles. The van der Waals surface area contributed by atoms with E-state index in [1.807, 2.05) is 24.3 Å². The Hall–Kier alpha value is -5.82. The van der Waals surface area contributed by atoms with Crippen LogP contribution in [0.4, 0.5) is 0 Å². The summed E-state index contributed by atoms with van der Waals surface area (Å²) >= 11 is 0. The maximum absolute atomic E-state index is 6.38. The molecule has 0 atom stereocenters. The summed E-state index contributed by atoms with van der Waals surface area (Å²) in [5, 5.41) is 4.66. The van der Waals surface area contributed by atoms with Crippen LogP contribution in [0.25, 0.3) is 60.8 Å².